The Labute approximate surface area is 184 Å². The molecule has 0 bridgehead atoms. The van der Waals surface area contributed by atoms with Crippen LogP contribution in [0.25, 0.3) is 11.1 Å². The van der Waals surface area contributed by atoms with Gasteiger partial charge >= 0.3 is 0 Å². The van der Waals surface area contributed by atoms with Gasteiger partial charge in [0.2, 0.25) is 0 Å². The van der Waals surface area contributed by atoms with Gasteiger partial charge in [-0.25, -0.2) is 4.90 Å². The van der Waals surface area contributed by atoms with E-state index in [4.69, 9.17) is 0 Å². The van der Waals surface area contributed by atoms with E-state index in [0.29, 0.717) is 39.1 Å². The number of imide groups is 2. The summed E-state index contributed by atoms with van der Waals surface area (Å²) in [7, 11) is 0. The summed E-state index contributed by atoms with van der Waals surface area (Å²) < 4.78 is 0. The Morgan fingerprint density at radius 2 is 1.16 bits per heavy atom. The van der Waals surface area contributed by atoms with E-state index in [1.165, 1.54) is 4.90 Å². The molecule has 6 nitrogen and oxygen atoms in total. The standard InChI is InChI=1S/C26H20N2O4/c1-12-9-13(2)22(15(4)14(12)3)28-25(31)19-8-6-17(11-21(19)26(28)32)16-5-7-18-20(10-16)24(30)27-23(18)29/h5-11H,1-4H3,(H,27,29,30). The Morgan fingerprint density at radius 3 is 1.84 bits per heavy atom. The third-order valence-corrected chi connectivity index (χ3v) is 6.50. The van der Waals surface area contributed by atoms with E-state index in [0.717, 1.165) is 22.3 Å². The van der Waals surface area contributed by atoms with Gasteiger partial charge in [-0.15, -0.1) is 0 Å². The molecule has 0 spiro atoms. The first-order chi connectivity index (χ1) is 15.2. The fraction of sp³-hybridized carbons (Fsp3) is 0.154. The highest BCUT2D eigenvalue weighted by Crippen LogP contribution is 2.37. The molecule has 0 unspecified atom stereocenters. The summed E-state index contributed by atoms with van der Waals surface area (Å²) in [5.74, 6) is -1.56. The number of hydrogen-bond donors (Lipinski definition) is 1. The number of rotatable bonds is 2. The number of carbonyl (C=O) groups excluding carboxylic acids is 4. The molecule has 0 atom stereocenters. The van der Waals surface area contributed by atoms with Crippen LogP contribution in [0.5, 0.6) is 0 Å². The molecule has 32 heavy (non-hydrogen) atoms. The quantitative estimate of drug-likeness (QED) is 0.623. The highest BCUT2D eigenvalue weighted by Gasteiger charge is 2.38. The smallest absolute Gasteiger partial charge is 0.266 e. The Hall–Kier alpha value is -4.06. The molecule has 0 fully saturated rings. The van der Waals surface area contributed by atoms with Crippen LogP contribution in [0, 0.1) is 27.7 Å². The van der Waals surface area contributed by atoms with Crippen LogP contribution >= 0.6 is 0 Å². The Bertz CT molecular complexity index is 1420. The number of aryl methyl sites for hydroxylation is 2. The van der Waals surface area contributed by atoms with E-state index in [1.807, 2.05) is 33.8 Å². The van der Waals surface area contributed by atoms with Crippen molar-refractivity contribution < 1.29 is 19.2 Å². The number of amides is 4. The van der Waals surface area contributed by atoms with Crippen molar-refractivity contribution in [3.63, 3.8) is 0 Å². The van der Waals surface area contributed by atoms with Gasteiger partial charge in [-0.3, -0.25) is 24.5 Å². The van der Waals surface area contributed by atoms with E-state index < -0.39 is 11.8 Å². The highest BCUT2D eigenvalue weighted by atomic mass is 16.2. The summed E-state index contributed by atoms with van der Waals surface area (Å²) in [5, 5.41) is 2.28. The van der Waals surface area contributed by atoms with Gasteiger partial charge < -0.3 is 0 Å². The minimum atomic E-state index is -0.439. The summed E-state index contributed by atoms with van der Waals surface area (Å²) in [6, 6.07) is 12.0. The zero-order valence-corrected chi connectivity index (χ0v) is 18.1. The molecule has 3 aromatic rings. The van der Waals surface area contributed by atoms with Crippen LogP contribution in [0.1, 0.15) is 63.7 Å². The molecule has 0 aromatic heterocycles. The van der Waals surface area contributed by atoms with Gasteiger partial charge in [0.05, 0.1) is 27.9 Å². The maximum atomic E-state index is 13.4. The molecule has 1 N–H and O–H groups in total. The Kier molecular flexibility index (Phi) is 4.17. The maximum absolute atomic E-state index is 13.4. The minimum absolute atomic E-state index is 0.304. The molecule has 3 aromatic carbocycles. The molecular formula is C26H20N2O4. The number of nitrogens with zero attached hydrogens (tertiary/aromatic N) is 1. The molecule has 0 aliphatic carbocycles. The van der Waals surface area contributed by atoms with E-state index in [-0.39, 0.29) is 11.8 Å². The summed E-state index contributed by atoms with van der Waals surface area (Å²) in [6.45, 7) is 7.83. The molecule has 2 aliphatic rings. The van der Waals surface area contributed by atoms with Crippen molar-refractivity contribution in [2.24, 2.45) is 0 Å². The molecule has 158 valence electrons. The average Bonchev–Trinajstić information content (AvgIpc) is 3.19. The largest absolute Gasteiger partial charge is 0.288 e. The molecule has 2 aliphatic heterocycles. The third kappa shape index (κ3) is 2.66. The molecule has 2 heterocycles. The number of anilines is 1. The number of nitrogens with one attached hydrogen (secondary N) is 1. The first-order valence-electron chi connectivity index (χ1n) is 10.3. The van der Waals surface area contributed by atoms with Crippen molar-refractivity contribution in [3.8, 4) is 11.1 Å². The zero-order chi connectivity index (χ0) is 22.9. The van der Waals surface area contributed by atoms with Crippen molar-refractivity contribution in [2.45, 2.75) is 27.7 Å². The van der Waals surface area contributed by atoms with Gasteiger partial charge in [-0.05, 0) is 85.3 Å². The predicted molar refractivity (Wildman–Crippen MR) is 120 cm³/mol. The second-order valence-corrected chi connectivity index (χ2v) is 8.36. The van der Waals surface area contributed by atoms with Crippen LogP contribution in [0.2, 0.25) is 0 Å². The molecule has 0 saturated carbocycles. The molecule has 0 radical (unpaired) electrons. The lowest BCUT2D eigenvalue weighted by Crippen LogP contribution is -2.31. The number of carbonyl (C=O) groups is 4. The van der Waals surface area contributed by atoms with E-state index >= 15 is 0 Å². The molecule has 4 amide bonds. The Morgan fingerprint density at radius 1 is 0.594 bits per heavy atom. The van der Waals surface area contributed by atoms with E-state index in [2.05, 4.69) is 5.32 Å². The van der Waals surface area contributed by atoms with Gasteiger partial charge in [0.25, 0.3) is 23.6 Å². The summed E-state index contributed by atoms with van der Waals surface area (Å²) in [4.78, 5) is 51.7. The van der Waals surface area contributed by atoms with Gasteiger partial charge in [-0.2, -0.15) is 0 Å². The monoisotopic (exact) mass is 424 g/mol. The van der Waals surface area contributed by atoms with Crippen molar-refractivity contribution in [1.82, 2.24) is 5.32 Å². The lowest BCUT2D eigenvalue weighted by molar-refractivity contribution is 0.0874. The summed E-state index contributed by atoms with van der Waals surface area (Å²) >= 11 is 0. The fourth-order valence-electron chi connectivity index (χ4n) is 4.59. The third-order valence-electron chi connectivity index (χ3n) is 6.50. The number of hydrogen-bond acceptors (Lipinski definition) is 4. The van der Waals surface area contributed by atoms with Gasteiger partial charge in [0.1, 0.15) is 0 Å². The van der Waals surface area contributed by atoms with Gasteiger partial charge in [0, 0.05) is 0 Å². The first kappa shape index (κ1) is 19.9. The van der Waals surface area contributed by atoms with Crippen LogP contribution in [0.4, 0.5) is 5.69 Å². The lowest BCUT2D eigenvalue weighted by Gasteiger charge is -2.22. The van der Waals surface area contributed by atoms with Crippen molar-refractivity contribution in [3.05, 3.63) is 87.0 Å². The second kappa shape index (κ2) is 6.72. The topological polar surface area (TPSA) is 83.6 Å². The van der Waals surface area contributed by atoms with Crippen molar-refractivity contribution in [2.75, 3.05) is 4.90 Å². The number of benzene rings is 3. The molecular weight excluding hydrogens is 404 g/mol. The molecule has 0 saturated heterocycles. The second-order valence-electron chi connectivity index (χ2n) is 8.36. The molecule has 6 heteroatoms. The van der Waals surface area contributed by atoms with Crippen LogP contribution in [-0.4, -0.2) is 23.6 Å². The maximum Gasteiger partial charge on any atom is 0.266 e. The zero-order valence-electron chi connectivity index (χ0n) is 18.1. The average molecular weight is 424 g/mol. The lowest BCUT2D eigenvalue weighted by atomic mass is 9.97. The molecule has 5 rings (SSSR count). The first-order valence-corrected chi connectivity index (χ1v) is 10.3. The SMILES string of the molecule is Cc1cc(C)c(N2C(=O)c3ccc(-c4ccc5c(c4)C(=O)NC5=O)cc3C2=O)c(C)c1C. The van der Waals surface area contributed by atoms with Crippen LogP contribution < -0.4 is 10.2 Å². The highest BCUT2D eigenvalue weighted by molar-refractivity contribution is 6.35. The number of fused-ring (bicyclic) bond motifs is 2. The summed E-state index contributed by atoms with van der Waals surface area (Å²) in [5.41, 5.74) is 7.26. The minimum Gasteiger partial charge on any atom is -0.288 e. The normalized spacial score (nSPS) is 14.7. The van der Waals surface area contributed by atoms with Crippen molar-refractivity contribution >= 4 is 29.3 Å². The predicted octanol–water partition coefficient (Wildman–Crippen LogP) is 4.27. The Balaban J connectivity index is 1.59. The van der Waals surface area contributed by atoms with Crippen LogP contribution in [0.3, 0.4) is 0 Å². The van der Waals surface area contributed by atoms with E-state index in [1.54, 1.807) is 36.4 Å². The fourth-order valence-corrected chi connectivity index (χ4v) is 4.59. The van der Waals surface area contributed by atoms with Crippen molar-refractivity contribution in [1.29, 1.82) is 0 Å². The van der Waals surface area contributed by atoms with E-state index in [9.17, 15) is 19.2 Å². The van der Waals surface area contributed by atoms with Gasteiger partial charge in [-0.1, -0.05) is 18.2 Å². The van der Waals surface area contributed by atoms with Crippen LogP contribution in [-0.2, 0) is 0 Å². The van der Waals surface area contributed by atoms with Crippen LogP contribution in [0.15, 0.2) is 42.5 Å². The summed E-state index contributed by atoms with van der Waals surface area (Å²) in [6.07, 6.45) is 0. The van der Waals surface area contributed by atoms with Gasteiger partial charge in [0.15, 0.2) is 0 Å².